The molecule has 1 heterocycles. The zero-order valence-corrected chi connectivity index (χ0v) is 23.6. The third-order valence-corrected chi connectivity index (χ3v) is 5.53. The molecule has 1 aromatic rings. The molecular formula is C28H49F4N5. The average Bonchev–Trinajstić information content (AvgIpc) is 2.80. The first-order valence-corrected chi connectivity index (χ1v) is 13.2. The number of rotatable bonds is 10. The summed E-state index contributed by atoms with van der Waals surface area (Å²) in [6, 6.07) is -0.599. The summed E-state index contributed by atoms with van der Waals surface area (Å²) in [5.41, 5.74) is 6.75. The van der Waals surface area contributed by atoms with Gasteiger partial charge in [-0.1, -0.05) is 86.8 Å². The number of nitrogens with zero attached hydrogens (tertiary/aromatic N) is 1. The van der Waals surface area contributed by atoms with E-state index in [1.54, 1.807) is 0 Å². The van der Waals surface area contributed by atoms with Crippen molar-refractivity contribution in [3.8, 4) is 0 Å². The maximum absolute atomic E-state index is 13.8. The Kier molecular flexibility index (Phi) is 16.4. The predicted octanol–water partition coefficient (Wildman–Crippen LogP) is 7.28. The fourth-order valence-electron chi connectivity index (χ4n) is 3.63. The SMILES string of the molecule is C=C(CC(C)(C)C)NCC(=C)Nc1cc(CNC[C@H](N)C(F)(F)F)c(F)cn1.CC.CC1CCCCC1. The van der Waals surface area contributed by atoms with Crippen LogP contribution < -0.4 is 21.7 Å². The molecule has 5 nitrogen and oxygen atoms in total. The van der Waals surface area contributed by atoms with Crippen LogP contribution in [0.3, 0.4) is 0 Å². The molecule has 0 aromatic carbocycles. The Morgan fingerprint density at radius 2 is 1.70 bits per heavy atom. The molecule has 1 atom stereocenters. The van der Waals surface area contributed by atoms with Crippen LogP contribution in [-0.2, 0) is 6.54 Å². The second-order valence-electron chi connectivity index (χ2n) is 10.6. The highest BCUT2D eigenvalue weighted by atomic mass is 19.4. The highest BCUT2D eigenvalue weighted by molar-refractivity contribution is 5.43. The second-order valence-corrected chi connectivity index (χ2v) is 10.6. The number of pyridine rings is 1. The molecular weight excluding hydrogens is 482 g/mol. The molecule has 1 fully saturated rings. The van der Waals surface area contributed by atoms with Gasteiger partial charge in [0.05, 0.1) is 12.7 Å². The number of hydrogen-bond donors (Lipinski definition) is 4. The van der Waals surface area contributed by atoms with Crippen molar-refractivity contribution in [2.75, 3.05) is 18.4 Å². The highest BCUT2D eigenvalue weighted by Gasteiger charge is 2.36. The molecule has 0 aliphatic heterocycles. The van der Waals surface area contributed by atoms with E-state index in [0.717, 1.165) is 24.2 Å². The van der Waals surface area contributed by atoms with Crippen LogP contribution >= 0.6 is 0 Å². The van der Waals surface area contributed by atoms with Gasteiger partial charge in [-0.25, -0.2) is 9.37 Å². The Hall–Kier alpha value is -2.13. The molecule has 9 heteroatoms. The van der Waals surface area contributed by atoms with Crippen molar-refractivity contribution in [1.29, 1.82) is 0 Å². The lowest BCUT2D eigenvalue weighted by Gasteiger charge is -2.21. The lowest BCUT2D eigenvalue weighted by Crippen LogP contribution is -2.45. The topological polar surface area (TPSA) is 75.0 Å². The van der Waals surface area contributed by atoms with Crippen molar-refractivity contribution in [2.24, 2.45) is 17.1 Å². The van der Waals surface area contributed by atoms with E-state index in [1.807, 2.05) is 13.8 Å². The summed E-state index contributed by atoms with van der Waals surface area (Å²) in [4.78, 5) is 3.92. The Bertz CT molecular complexity index is 797. The molecule has 0 unspecified atom stereocenters. The van der Waals surface area contributed by atoms with Crippen molar-refractivity contribution in [3.63, 3.8) is 0 Å². The summed E-state index contributed by atoms with van der Waals surface area (Å²) in [5.74, 6) is 0.751. The number of nitrogens with one attached hydrogen (secondary N) is 3. The number of halogens is 4. The minimum atomic E-state index is -4.50. The number of allylic oxidation sites excluding steroid dienone is 1. The monoisotopic (exact) mass is 531 g/mol. The Morgan fingerprint density at radius 1 is 1.11 bits per heavy atom. The average molecular weight is 532 g/mol. The summed E-state index contributed by atoms with van der Waals surface area (Å²) in [5, 5.41) is 8.60. The third kappa shape index (κ3) is 17.1. The van der Waals surface area contributed by atoms with E-state index >= 15 is 0 Å². The van der Waals surface area contributed by atoms with Gasteiger partial charge in [-0.05, 0) is 23.8 Å². The minimum absolute atomic E-state index is 0.105. The molecule has 5 N–H and O–H groups in total. The summed E-state index contributed by atoms with van der Waals surface area (Å²) >= 11 is 0. The van der Waals surface area contributed by atoms with Crippen LogP contribution in [0.25, 0.3) is 0 Å². The number of anilines is 1. The third-order valence-electron chi connectivity index (χ3n) is 5.53. The lowest BCUT2D eigenvalue weighted by molar-refractivity contribution is -0.146. The van der Waals surface area contributed by atoms with Gasteiger partial charge in [0.2, 0.25) is 0 Å². The Morgan fingerprint density at radius 3 is 2.19 bits per heavy atom. The van der Waals surface area contributed by atoms with E-state index in [9.17, 15) is 17.6 Å². The van der Waals surface area contributed by atoms with E-state index < -0.39 is 24.6 Å². The number of nitrogens with two attached hydrogens (primary N) is 1. The maximum Gasteiger partial charge on any atom is 0.404 e. The smallest absolute Gasteiger partial charge is 0.383 e. The molecule has 1 aliphatic carbocycles. The summed E-state index contributed by atoms with van der Waals surface area (Å²) in [7, 11) is 0. The molecule has 37 heavy (non-hydrogen) atoms. The van der Waals surface area contributed by atoms with E-state index in [1.165, 1.54) is 38.2 Å². The normalized spacial score (nSPS) is 14.9. The van der Waals surface area contributed by atoms with E-state index in [2.05, 4.69) is 61.8 Å². The van der Waals surface area contributed by atoms with Gasteiger partial charge in [0.1, 0.15) is 17.7 Å². The first kappa shape index (κ1) is 34.9. The summed E-state index contributed by atoms with van der Waals surface area (Å²) in [6.45, 7) is 20.3. The fraction of sp³-hybridized carbons (Fsp3) is 0.679. The minimum Gasteiger partial charge on any atom is -0.383 e. The quantitative estimate of drug-likeness (QED) is 0.239. The van der Waals surface area contributed by atoms with Crippen LogP contribution in [-0.4, -0.2) is 30.3 Å². The number of hydrogen-bond acceptors (Lipinski definition) is 5. The molecule has 2 rings (SSSR count). The zero-order valence-electron chi connectivity index (χ0n) is 23.6. The number of aromatic nitrogens is 1. The maximum atomic E-state index is 13.8. The first-order valence-electron chi connectivity index (χ1n) is 13.2. The van der Waals surface area contributed by atoms with Gasteiger partial charge in [-0.3, -0.25) is 0 Å². The van der Waals surface area contributed by atoms with Gasteiger partial charge < -0.3 is 21.7 Å². The molecule has 0 saturated heterocycles. The van der Waals surface area contributed by atoms with Gasteiger partial charge in [0.25, 0.3) is 0 Å². The van der Waals surface area contributed by atoms with Crippen LogP contribution in [0.15, 0.2) is 36.8 Å². The van der Waals surface area contributed by atoms with Crippen LogP contribution in [0.1, 0.15) is 85.6 Å². The van der Waals surface area contributed by atoms with Gasteiger partial charge >= 0.3 is 6.18 Å². The summed E-state index contributed by atoms with van der Waals surface area (Å²) in [6.07, 6.45) is 4.73. The van der Waals surface area contributed by atoms with E-state index in [-0.39, 0.29) is 17.5 Å². The van der Waals surface area contributed by atoms with E-state index in [4.69, 9.17) is 5.73 Å². The van der Waals surface area contributed by atoms with E-state index in [0.29, 0.717) is 18.1 Å². The van der Waals surface area contributed by atoms with Gasteiger partial charge in [-0.15, -0.1) is 0 Å². The zero-order chi connectivity index (χ0) is 28.6. The molecule has 1 saturated carbocycles. The Balaban J connectivity index is 0.00000121. The standard InChI is InChI=1S/C19H29F4N5.C7H14.C2H6/c1-12(7-18(3,4)5)26-8-13(2)28-17-6-14(15(20)10-27-17)9-25-11-16(24)19(21,22)23;1-7-5-3-2-4-6-7;1-2/h6,10,16,25-26H,1-2,7-9,11,24H2,3-5H3,(H,27,28);7H,2-6H2,1H3;1-2H3/t16-;;/m0../s1. The molecule has 0 radical (unpaired) electrons. The van der Waals surface area contributed by atoms with Gasteiger partial charge in [0, 0.05) is 30.0 Å². The molecule has 0 spiro atoms. The second kappa shape index (κ2) is 17.4. The van der Waals surface area contributed by atoms with Crippen molar-refractivity contribution in [2.45, 2.75) is 98.8 Å². The molecule has 1 aromatic heterocycles. The fourth-order valence-corrected chi connectivity index (χ4v) is 3.63. The van der Waals surface area contributed by atoms with Crippen molar-refractivity contribution in [3.05, 3.63) is 48.2 Å². The van der Waals surface area contributed by atoms with Gasteiger partial charge in [-0.2, -0.15) is 13.2 Å². The summed E-state index contributed by atoms with van der Waals surface area (Å²) < 4.78 is 51.1. The lowest BCUT2D eigenvalue weighted by atomic mass is 9.91. The van der Waals surface area contributed by atoms with Crippen molar-refractivity contribution >= 4 is 5.82 Å². The molecule has 0 bridgehead atoms. The largest absolute Gasteiger partial charge is 0.404 e. The van der Waals surface area contributed by atoms with Crippen molar-refractivity contribution in [1.82, 2.24) is 15.6 Å². The molecule has 0 amide bonds. The molecule has 214 valence electrons. The van der Waals surface area contributed by atoms with Crippen LogP contribution in [0.2, 0.25) is 0 Å². The molecule has 1 aliphatic rings. The first-order chi connectivity index (χ1) is 17.2. The van der Waals surface area contributed by atoms with Crippen LogP contribution in [0.4, 0.5) is 23.4 Å². The number of alkyl halides is 3. The van der Waals surface area contributed by atoms with Crippen LogP contribution in [0.5, 0.6) is 0 Å². The van der Waals surface area contributed by atoms with Crippen LogP contribution in [0, 0.1) is 17.2 Å². The highest BCUT2D eigenvalue weighted by Crippen LogP contribution is 2.23. The van der Waals surface area contributed by atoms with Crippen molar-refractivity contribution < 1.29 is 17.6 Å². The predicted molar refractivity (Wildman–Crippen MR) is 148 cm³/mol. The Labute approximate surface area is 221 Å². The van der Waals surface area contributed by atoms with Gasteiger partial charge in [0.15, 0.2) is 0 Å².